The summed E-state index contributed by atoms with van der Waals surface area (Å²) >= 11 is 18.1. The molecule has 26 heavy (non-hydrogen) atoms. The van der Waals surface area contributed by atoms with Crippen LogP contribution in [0.3, 0.4) is 0 Å². The lowest BCUT2D eigenvalue weighted by Crippen LogP contribution is -2.23. The normalized spacial score (nSPS) is 14.9. The highest BCUT2D eigenvalue weighted by Crippen LogP contribution is 2.33. The number of hydrogen-bond donors (Lipinski definition) is 3. The molecule has 1 amide bonds. The van der Waals surface area contributed by atoms with Crippen LogP contribution in [0.2, 0.25) is 15.1 Å². The van der Waals surface area contributed by atoms with Gasteiger partial charge < -0.3 is 16.4 Å². The van der Waals surface area contributed by atoms with Gasteiger partial charge in [0.05, 0.1) is 32.1 Å². The van der Waals surface area contributed by atoms with Crippen LogP contribution in [-0.2, 0) is 0 Å². The van der Waals surface area contributed by atoms with Crippen LogP contribution in [0, 0.1) is 0 Å². The van der Waals surface area contributed by atoms with Crippen molar-refractivity contribution in [2.75, 3.05) is 16.4 Å². The van der Waals surface area contributed by atoms with E-state index >= 15 is 0 Å². The van der Waals surface area contributed by atoms with Gasteiger partial charge in [-0.15, -0.1) is 0 Å². The monoisotopic (exact) mass is 411 g/mol. The van der Waals surface area contributed by atoms with Gasteiger partial charge in [0.15, 0.2) is 0 Å². The number of halogens is 3. The molecule has 0 aromatic heterocycles. The highest BCUT2D eigenvalue weighted by Gasteiger charge is 2.17. The summed E-state index contributed by atoms with van der Waals surface area (Å²) in [6.07, 6.45) is 5.94. The Morgan fingerprint density at radius 2 is 1.65 bits per heavy atom. The number of nitrogens with one attached hydrogen (secondary N) is 2. The minimum atomic E-state index is -0.321. The van der Waals surface area contributed by atoms with E-state index in [1.807, 2.05) is 0 Å². The topological polar surface area (TPSA) is 67.1 Å². The lowest BCUT2D eigenvalue weighted by Gasteiger charge is -2.25. The summed E-state index contributed by atoms with van der Waals surface area (Å²) in [7, 11) is 0. The van der Waals surface area contributed by atoms with Gasteiger partial charge in [0.25, 0.3) is 5.91 Å². The van der Waals surface area contributed by atoms with E-state index in [2.05, 4.69) is 10.6 Å². The Balaban J connectivity index is 1.79. The van der Waals surface area contributed by atoms with Crippen molar-refractivity contribution in [3.8, 4) is 0 Å². The molecule has 0 unspecified atom stereocenters. The third-order valence-corrected chi connectivity index (χ3v) is 5.59. The zero-order chi connectivity index (χ0) is 18.7. The molecule has 138 valence electrons. The summed E-state index contributed by atoms with van der Waals surface area (Å²) in [4.78, 5) is 12.5. The van der Waals surface area contributed by atoms with Crippen molar-refractivity contribution in [3.05, 3.63) is 51.0 Å². The Morgan fingerprint density at radius 1 is 0.923 bits per heavy atom. The average Bonchev–Trinajstić information content (AvgIpc) is 2.62. The van der Waals surface area contributed by atoms with Gasteiger partial charge in [-0.1, -0.05) is 54.1 Å². The van der Waals surface area contributed by atoms with Crippen molar-refractivity contribution >= 4 is 57.8 Å². The number of anilines is 3. The minimum Gasteiger partial charge on any atom is -0.397 e. The minimum absolute atomic E-state index is 0.321. The van der Waals surface area contributed by atoms with E-state index in [-0.39, 0.29) is 5.91 Å². The molecule has 0 atom stereocenters. The Bertz CT molecular complexity index is 820. The molecule has 3 rings (SSSR count). The number of nitrogens with two attached hydrogens (primary N) is 1. The van der Waals surface area contributed by atoms with E-state index in [1.54, 1.807) is 24.3 Å². The summed E-state index contributed by atoms with van der Waals surface area (Å²) in [5.74, 6) is -0.321. The van der Waals surface area contributed by atoms with Gasteiger partial charge in [0.2, 0.25) is 0 Å². The molecule has 0 heterocycles. The Kier molecular flexibility index (Phi) is 6.17. The number of nitrogen functional groups attached to an aromatic ring is 1. The summed E-state index contributed by atoms with van der Waals surface area (Å²) in [6, 6.07) is 8.53. The van der Waals surface area contributed by atoms with Gasteiger partial charge in [-0.3, -0.25) is 4.79 Å². The molecule has 0 radical (unpaired) electrons. The Morgan fingerprint density at radius 3 is 2.35 bits per heavy atom. The van der Waals surface area contributed by atoms with E-state index in [0.29, 0.717) is 38.0 Å². The van der Waals surface area contributed by atoms with Gasteiger partial charge in [-0.2, -0.15) is 0 Å². The standard InChI is InChI=1S/C19H20Cl3N3O/c20-13-7-6-11(8-14(13)21)19(26)25-17-10-18(16(23)9-15(17)22)24-12-4-2-1-3-5-12/h6-10,12,24H,1-5,23H2,(H,25,26). The second-order valence-corrected chi connectivity index (χ2v) is 7.70. The van der Waals surface area contributed by atoms with Crippen LogP contribution in [0.15, 0.2) is 30.3 Å². The van der Waals surface area contributed by atoms with Crippen molar-refractivity contribution in [1.29, 1.82) is 0 Å². The molecule has 0 bridgehead atoms. The molecule has 2 aromatic carbocycles. The molecule has 1 fully saturated rings. The SMILES string of the molecule is Nc1cc(Cl)c(NC(=O)c2ccc(Cl)c(Cl)c2)cc1NC1CCCCC1. The quantitative estimate of drug-likeness (QED) is 0.522. The van der Waals surface area contributed by atoms with E-state index < -0.39 is 0 Å². The fourth-order valence-electron chi connectivity index (χ4n) is 3.11. The summed E-state index contributed by atoms with van der Waals surface area (Å²) in [6.45, 7) is 0. The predicted octanol–water partition coefficient (Wildman–Crippen LogP) is 6.23. The molecule has 4 N–H and O–H groups in total. The number of rotatable bonds is 4. The fourth-order valence-corrected chi connectivity index (χ4v) is 3.63. The van der Waals surface area contributed by atoms with Gasteiger partial charge in [-0.05, 0) is 43.2 Å². The molecule has 1 aliphatic carbocycles. The molecule has 1 saturated carbocycles. The molecule has 2 aromatic rings. The summed E-state index contributed by atoms with van der Waals surface area (Å²) < 4.78 is 0. The lowest BCUT2D eigenvalue weighted by molar-refractivity contribution is 0.102. The zero-order valence-corrected chi connectivity index (χ0v) is 16.4. The highest BCUT2D eigenvalue weighted by molar-refractivity contribution is 6.42. The summed E-state index contributed by atoms with van der Waals surface area (Å²) in [5, 5.41) is 7.38. The second kappa shape index (κ2) is 8.38. The van der Waals surface area contributed by atoms with Crippen LogP contribution >= 0.6 is 34.8 Å². The van der Waals surface area contributed by atoms with Gasteiger partial charge >= 0.3 is 0 Å². The largest absolute Gasteiger partial charge is 0.397 e. The molecule has 0 aliphatic heterocycles. The van der Waals surface area contributed by atoms with Gasteiger partial charge in [0.1, 0.15) is 0 Å². The Hall–Kier alpha value is -1.62. The van der Waals surface area contributed by atoms with Crippen molar-refractivity contribution in [1.82, 2.24) is 0 Å². The molecule has 0 saturated heterocycles. The summed E-state index contributed by atoms with van der Waals surface area (Å²) in [5.41, 5.74) is 8.33. The van der Waals surface area contributed by atoms with Crippen LogP contribution in [-0.4, -0.2) is 11.9 Å². The third-order valence-electron chi connectivity index (χ3n) is 4.53. The van der Waals surface area contributed by atoms with Crippen LogP contribution in [0.1, 0.15) is 42.5 Å². The van der Waals surface area contributed by atoms with Gasteiger partial charge in [-0.25, -0.2) is 0 Å². The first-order chi connectivity index (χ1) is 12.4. The smallest absolute Gasteiger partial charge is 0.255 e. The first-order valence-electron chi connectivity index (χ1n) is 8.56. The van der Waals surface area contributed by atoms with Crippen LogP contribution in [0.25, 0.3) is 0 Å². The predicted molar refractivity (Wildman–Crippen MR) is 111 cm³/mol. The number of benzene rings is 2. The maximum Gasteiger partial charge on any atom is 0.255 e. The van der Waals surface area contributed by atoms with E-state index in [4.69, 9.17) is 40.5 Å². The second-order valence-electron chi connectivity index (χ2n) is 6.48. The maximum atomic E-state index is 12.5. The fraction of sp³-hybridized carbons (Fsp3) is 0.316. The van der Waals surface area contributed by atoms with Gasteiger partial charge in [0, 0.05) is 11.6 Å². The molecule has 1 aliphatic rings. The number of carbonyl (C=O) groups is 1. The Labute approximate surface area is 168 Å². The first kappa shape index (κ1) is 19.2. The van der Waals surface area contributed by atoms with Crippen LogP contribution in [0.4, 0.5) is 17.1 Å². The van der Waals surface area contributed by atoms with Crippen molar-refractivity contribution in [2.24, 2.45) is 0 Å². The van der Waals surface area contributed by atoms with Crippen molar-refractivity contribution in [3.63, 3.8) is 0 Å². The number of hydrogen-bond acceptors (Lipinski definition) is 3. The highest BCUT2D eigenvalue weighted by atomic mass is 35.5. The molecule has 7 heteroatoms. The molecule has 0 spiro atoms. The van der Waals surface area contributed by atoms with Crippen molar-refractivity contribution < 1.29 is 4.79 Å². The molecule has 4 nitrogen and oxygen atoms in total. The lowest BCUT2D eigenvalue weighted by atomic mass is 9.95. The molecular weight excluding hydrogens is 393 g/mol. The number of carbonyl (C=O) groups excluding carboxylic acids is 1. The first-order valence-corrected chi connectivity index (χ1v) is 9.69. The average molecular weight is 413 g/mol. The van der Waals surface area contributed by atoms with Crippen LogP contribution < -0.4 is 16.4 Å². The van der Waals surface area contributed by atoms with E-state index in [9.17, 15) is 4.79 Å². The van der Waals surface area contributed by atoms with E-state index in [0.717, 1.165) is 18.5 Å². The maximum absolute atomic E-state index is 12.5. The zero-order valence-electron chi connectivity index (χ0n) is 14.1. The number of amides is 1. The third kappa shape index (κ3) is 4.56. The van der Waals surface area contributed by atoms with Crippen molar-refractivity contribution in [2.45, 2.75) is 38.1 Å². The van der Waals surface area contributed by atoms with E-state index in [1.165, 1.54) is 25.3 Å². The molecular formula is C19H20Cl3N3O. The van der Waals surface area contributed by atoms with Crippen LogP contribution in [0.5, 0.6) is 0 Å².